The Kier molecular flexibility index (Phi) is 5.16. The number of rotatable bonds is 5. The van der Waals surface area contributed by atoms with Crippen LogP contribution >= 0.6 is 0 Å². The van der Waals surface area contributed by atoms with Crippen LogP contribution in [0.2, 0.25) is 0 Å². The molecule has 2 N–H and O–H groups in total. The van der Waals surface area contributed by atoms with E-state index < -0.39 is 46.1 Å². The molecule has 0 saturated carbocycles. The molecule has 0 fully saturated rings. The number of nitro benzene ring substituents is 1. The SMILES string of the molecule is CC1=NC(C)C(C(=O)O)(C(C)C)C(c2cccc([N+](=O)[O-])c2)C1C(=O)O. The zero-order valence-electron chi connectivity index (χ0n) is 15.0. The molecule has 0 spiro atoms. The summed E-state index contributed by atoms with van der Waals surface area (Å²) in [6.07, 6.45) is 0. The van der Waals surface area contributed by atoms with Gasteiger partial charge in [0.25, 0.3) is 5.69 Å². The van der Waals surface area contributed by atoms with Crippen molar-refractivity contribution in [1.82, 2.24) is 0 Å². The topological polar surface area (TPSA) is 130 Å². The van der Waals surface area contributed by atoms with E-state index >= 15 is 0 Å². The molecule has 0 aromatic heterocycles. The van der Waals surface area contributed by atoms with Gasteiger partial charge in [0.15, 0.2) is 0 Å². The molecule has 26 heavy (non-hydrogen) atoms. The number of non-ortho nitro benzene ring substituents is 1. The van der Waals surface area contributed by atoms with Gasteiger partial charge in [0.1, 0.15) is 11.3 Å². The van der Waals surface area contributed by atoms with Gasteiger partial charge in [0, 0.05) is 23.8 Å². The molecule has 4 unspecified atom stereocenters. The molecule has 1 aliphatic heterocycles. The van der Waals surface area contributed by atoms with Crippen molar-refractivity contribution in [2.24, 2.45) is 22.2 Å². The van der Waals surface area contributed by atoms with Gasteiger partial charge >= 0.3 is 11.9 Å². The van der Waals surface area contributed by atoms with Crippen molar-refractivity contribution in [3.63, 3.8) is 0 Å². The Morgan fingerprint density at radius 3 is 2.38 bits per heavy atom. The highest BCUT2D eigenvalue weighted by Gasteiger charge is 2.60. The first kappa shape index (κ1) is 19.6. The number of aliphatic carboxylic acids is 2. The lowest BCUT2D eigenvalue weighted by molar-refractivity contribution is -0.385. The molecule has 4 atom stereocenters. The fraction of sp³-hybridized carbons (Fsp3) is 0.500. The van der Waals surface area contributed by atoms with E-state index in [0.717, 1.165) is 0 Å². The van der Waals surface area contributed by atoms with Gasteiger partial charge in [0.05, 0.1) is 11.0 Å². The number of nitro groups is 1. The highest BCUT2D eigenvalue weighted by atomic mass is 16.6. The zero-order chi connectivity index (χ0) is 19.8. The van der Waals surface area contributed by atoms with E-state index in [1.54, 1.807) is 33.8 Å². The maximum absolute atomic E-state index is 12.4. The van der Waals surface area contributed by atoms with Crippen LogP contribution in [0.4, 0.5) is 5.69 Å². The average Bonchev–Trinajstić information content (AvgIpc) is 2.53. The maximum atomic E-state index is 12.4. The molecule has 1 aliphatic rings. The lowest BCUT2D eigenvalue weighted by Gasteiger charge is -2.48. The van der Waals surface area contributed by atoms with Crippen LogP contribution in [0.25, 0.3) is 0 Å². The number of carboxylic acid groups (broad SMARTS) is 2. The number of hydrogen-bond acceptors (Lipinski definition) is 5. The molecule has 0 amide bonds. The van der Waals surface area contributed by atoms with E-state index in [9.17, 15) is 29.9 Å². The standard InChI is InChI=1S/C18H22N2O6/c1-9(2)18(17(23)24)11(4)19-10(3)14(16(21)22)15(18)12-6-5-7-13(8-12)20(25)26/h5-9,11,14-15H,1-4H3,(H,21,22)(H,23,24). The highest BCUT2D eigenvalue weighted by molar-refractivity contribution is 6.03. The predicted molar refractivity (Wildman–Crippen MR) is 94.4 cm³/mol. The van der Waals surface area contributed by atoms with Crippen LogP contribution in [0, 0.1) is 27.4 Å². The van der Waals surface area contributed by atoms with Crippen molar-refractivity contribution in [2.75, 3.05) is 0 Å². The Balaban J connectivity index is 2.85. The Hall–Kier alpha value is -2.77. The van der Waals surface area contributed by atoms with Crippen molar-refractivity contribution >= 4 is 23.3 Å². The normalized spacial score (nSPS) is 28.5. The summed E-state index contributed by atoms with van der Waals surface area (Å²) in [4.78, 5) is 39.3. The summed E-state index contributed by atoms with van der Waals surface area (Å²) in [5.74, 6) is -4.95. The molecule has 2 rings (SSSR count). The van der Waals surface area contributed by atoms with Gasteiger partial charge in [-0.1, -0.05) is 26.0 Å². The molecule has 1 heterocycles. The minimum atomic E-state index is -1.50. The third kappa shape index (κ3) is 2.85. The van der Waals surface area contributed by atoms with E-state index in [1.165, 1.54) is 18.2 Å². The van der Waals surface area contributed by atoms with Crippen LogP contribution in [0.5, 0.6) is 0 Å². The van der Waals surface area contributed by atoms with Crippen LogP contribution in [0.1, 0.15) is 39.2 Å². The fourth-order valence-corrected chi connectivity index (χ4v) is 4.29. The summed E-state index contributed by atoms with van der Waals surface area (Å²) in [7, 11) is 0. The van der Waals surface area contributed by atoms with Crippen molar-refractivity contribution in [3.05, 3.63) is 39.9 Å². The molecule has 140 valence electrons. The Morgan fingerprint density at radius 2 is 1.92 bits per heavy atom. The molecule has 8 nitrogen and oxygen atoms in total. The molecule has 1 aromatic carbocycles. The van der Waals surface area contributed by atoms with Crippen molar-refractivity contribution in [3.8, 4) is 0 Å². The van der Waals surface area contributed by atoms with Crippen LogP contribution in [0.15, 0.2) is 29.3 Å². The van der Waals surface area contributed by atoms with Crippen molar-refractivity contribution in [1.29, 1.82) is 0 Å². The molecule has 0 saturated heterocycles. The summed E-state index contributed by atoms with van der Waals surface area (Å²) < 4.78 is 0. The lowest BCUT2D eigenvalue weighted by Crippen LogP contribution is -2.56. The molecule has 8 heteroatoms. The van der Waals surface area contributed by atoms with Gasteiger partial charge in [-0.3, -0.25) is 24.7 Å². The Bertz CT molecular complexity index is 788. The van der Waals surface area contributed by atoms with Gasteiger partial charge < -0.3 is 10.2 Å². The number of carbonyl (C=O) groups is 2. The Morgan fingerprint density at radius 1 is 1.31 bits per heavy atom. The summed E-state index contributed by atoms with van der Waals surface area (Å²) >= 11 is 0. The summed E-state index contributed by atoms with van der Waals surface area (Å²) in [5.41, 5.74) is -1.07. The number of aliphatic imine (C=N–C) groups is 1. The maximum Gasteiger partial charge on any atom is 0.312 e. The van der Waals surface area contributed by atoms with Gasteiger partial charge in [-0.25, -0.2) is 0 Å². The van der Waals surface area contributed by atoms with E-state index in [1.807, 2.05) is 0 Å². The number of hydrogen-bond donors (Lipinski definition) is 2. The molecular weight excluding hydrogens is 340 g/mol. The van der Waals surface area contributed by atoms with Crippen molar-refractivity contribution in [2.45, 2.75) is 39.7 Å². The number of nitrogens with zero attached hydrogens (tertiary/aromatic N) is 2. The third-order valence-corrected chi connectivity index (χ3v) is 5.42. The summed E-state index contributed by atoms with van der Waals surface area (Å²) in [6.45, 7) is 6.64. The first-order chi connectivity index (χ1) is 12.0. The van der Waals surface area contributed by atoms with E-state index in [2.05, 4.69) is 4.99 Å². The average molecular weight is 362 g/mol. The molecule has 0 bridgehead atoms. The van der Waals surface area contributed by atoms with Gasteiger partial charge in [-0.2, -0.15) is 0 Å². The van der Waals surface area contributed by atoms with Crippen molar-refractivity contribution < 1.29 is 24.7 Å². The number of benzene rings is 1. The molecule has 1 aromatic rings. The van der Waals surface area contributed by atoms with Crippen LogP contribution in [-0.2, 0) is 9.59 Å². The minimum Gasteiger partial charge on any atom is -0.481 e. The molecule has 0 radical (unpaired) electrons. The highest BCUT2D eigenvalue weighted by Crippen LogP contribution is 2.53. The second-order valence-electron chi connectivity index (χ2n) is 6.98. The molecule has 0 aliphatic carbocycles. The largest absolute Gasteiger partial charge is 0.481 e. The predicted octanol–water partition coefficient (Wildman–Crippen LogP) is 2.97. The van der Waals surface area contributed by atoms with Gasteiger partial charge in [-0.15, -0.1) is 0 Å². The third-order valence-electron chi connectivity index (χ3n) is 5.42. The first-order valence-corrected chi connectivity index (χ1v) is 8.29. The Labute approximate surface area is 150 Å². The smallest absolute Gasteiger partial charge is 0.312 e. The second kappa shape index (κ2) is 6.86. The monoisotopic (exact) mass is 362 g/mol. The quantitative estimate of drug-likeness (QED) is 0.612. The summed E-state index contributed by atoms with van der Waals surface area (Å²) in [5, 5.41) is 31.1. The van der Waals surface area contributed by atoms with Crippen LogP contribution in [-0.4, -0.2) is 38.8 Å². The van der Waals surface area contributed by atoms with Crippen LogP contribution < -0.4 is 0 Å². The van der Waals surface area contributed by atoms with Gasteiger partial charge in [0.2, 0.25) is 0 Å². The van der Waals surface area contributed by atoms with E-state index in [-0.39, 0.29) is 5.69 Å². The molecular formula is C18H22N2O6. The van der Waals surface area contributed by atoms with Crippen LogP contribution in [0.3, 0.4) is 0 Å². The van der Waals surface area contributed by atoms with E-state index in [0.29, 0.717) is 11.3 Å². The minimum absolute atomic E-state index is 0.206. The summed E-state index contributed by atoms with van der Waals surface area (Å²) in [6, 6.07) is 4.89. The fourth-order valence-electron chi connectivity index (χ4n) is 4.29. The van der Waals surface area contributed by atoms with Gasteiger partial charge in [-0.05, 0) is 25.3 Å². The zero-order valence-corrected chi connectivity index (χ0v) is 15.0. The lowest BCUT2D eigenvalue weighted by atomic mass is 9.55. The number of carboxylic acids is 2. The second-order valence-corrected chi connectivity index (χ2v) is 6.98. The van der Waals surface area contributed by atoms with E-state index in [4.69, 9.17) is 0 Å². The first-order valence-electron chi connectivity index (χ1n) is 8.29.